The zero-order valence-electron chi connectivity index (χ0n) is 12.1. The lowest BCUT2D eigenvalue weighted by Crippen LogP contribution is -2.00. The van der Waals surface area contributed by atoms with Crippen LogP contribution in [-0.4, -0.2) is 12.2 Å². The smallest absolute Gasteiger partial charge is 0.129 e. The van der Waals surface area contributed by atoms with Gasteiger partial charge >= 0.3 is 0 Å². The van der Waals surface area contributed by atoms with Gasteiger partial charge in [-0.2, -0.15) is 0 Å². The highest BCUT2D eigenvalue weighted by Gasteiger charge is 2.11. The number of aryl methyl sites for hydroxylation is 1. The molecule has 0 aliphatic rings. The summed E-state index contributed by atoms with van der Waals surface area (Å²) in [6.45, 7) is 4.39. The van der Waals surface area contributed by atoms with Gasteiger partial charge in [-0.25, -0.2) is 0 Å². The first kappa shape index (κ1) is 14.9. The van der Waals surface area contributed by atoms with E-state index in [9.17, 15) is 5.11 Å². The van der Waals surface area contributed by atoms with Crippen LogP contribution in [0.5, 0.6) is 11.5 Å². The van der Waals surface area contributed by atoms with Gasteiger partial charge in [0.2, 0.25) is 0 Å². The first-order valence-corrected chi connectivity index (χ1v) is 7.52. The fourth-order valence-electron chi connectivity index (χ4n) is 1.95. The predicted molar refractivity (Wildman–Crippen MR) is 81.7 cm³/mol. The van der Waals surface area contributed by atoms with Crippen LogP contribution < -0.4 is 9.47 Å². The average molecular weight is 292 g/mol. The van der Waals surface area contributed by atoms with Gasteiger partial charge < -0.3 is 14.6 Å². The van der Waals surface area contributed by atoms with Crippen molar-refractivity contribution < 1.29 is 14.6 Å². The molecule has 108 valence electrons. The van der Waals surface area contributed by atoms with Gasteiger partial charge in [0, 0.05) is 21.4 Å². The molecular weight excluding hydrogens is 272 g/mol. The Morgan fingerprint density at radius 2 is 1.95 bits per heavy atom. The molecule has 2 rings (SSSR count). The van der Waals surface area contributed by atoms with Crippen molar-refractivity contribution in [1.29, 1.82) is 0 Å². The van der Waals surface area contributed by atoms with E-state index in [2.05, 4.69) is 19.1 Å². The monoisotopic (exact) mass is 292 g/mol. The van der Waals surface area contributed by atoms with Gasteiger partial charge in [0.1, 0.15) is 18.1 Å². The third kappa shape index (κ3) is 3.52. The maximum absolute atomic E-state index is 9.79. The number of hydrogen-bond acceptors (Lipinski definition) is 4. The van der Waals surface area contributed by atoms with Gasteiger partial charge in [-0.1, -0.05) is 6.92 Å². The highest BCUT2D eigenvalue weighted by atomic mass is 32.1. The van der Waals surface area contributed by atoms with E-state index in [-0.39, 0.29) is 0 Å². The zero-order chi connectivity index (χ0) is 14.5. The molecule has 1 heterocycles. The summed E-state index contributed by atoms with van der Waals surface area (Å²) >= 11 is 1.76. The van der Waals surface area contributed by atoms with Gasteiger partial charge in [-0.3, -0.25) is 0 Å². The molecule has 0 unspecified atom stereocenters. The summed E-state index contributed by atoms with van der Waals surface area (Å²) in [5, 5.41) is 9.79. The topological polar surface area (TPSA) is 38.7 Å². The molecule has 0 spiro atoms. The van der Waals surface area contributed by atoms with Crippen molar-refractivity contribution in [2.24, 2.45) is 0 Å². The molecule has 4 heteroatoms. The first-order chi connectivity index (χ1) is 9.63. The van der Waals surface area contributed by atoms with Gasteiger partial charge in [0.25, 0.3) is 0 Å². The fourth-order valence-corrected chi connectivity index (χ4v) is 2.82. The third-order valence-corrected chi connectivity index (χ3v) is 4.31. The average Bonchev–Trinajstić information content (AvgIpc) is 2.92. The Bertz CT molecular complexity index is 561. The number of thiophene rings is 1. The Hall–Kier alpha value is -1.52. The Labute approximate surface area is 123 Å². The first-order valence-electron chi connectivity index (χ1n) is 6.70. The number of hydrogen-bond donors (Lipinski definition) is 1. The molecule has 1 aromatic carbocycles. The minimum Gasteiger partial charge on any atom is -0.497 e. The fraction of sp³-hybridized carbons (Fsp3) is 0.375. The van der Waals surface area contributed by atoms with E-state index in [1.165, 1.54) is 9.75 Å². The summed E-state index contributed by atoms with van der Waals surface area (Å²) in [4.78, 5) is 2.53. The van der Waals surface area contributed by atoms with Crippen molar-refractivity contribution in [1.82, 2.24) is 0 Å². The molecular formula is C16H20O3S. The van der Waals surface area contributed by atoms with Crippen LogP contribution >= 0.6 is 11.3 Å². The summed E-state index contributed by atoms with van der Waals surface area (Å²) in [7, 11) is 1.62. The van der Waals surface area contributed by atoms with Crippen molar-refractivity contribution >= 4 is 11.3 Å². The SMILES string of the molecule is CCc1ccc(COc2cc(OC)ccc2[C@H](C)O)s1. The molecule has 3 nitrogen and oxygen atoms in total. The summed E-state index contributed by atoms with van der Waals surface area (Å²) in [6.07, 6.45) is 0.480. The zero-order valence-corrected chi connectivity index (χ0v) is 12.9. The molecule has 20 heavy (non-hydrogen) atoms. The molecule has 0 fully saturated rings. The number of benzene rings is 1. The largest absolute Gasteiger partial charge is 0.497 e. The molecule has 0 amide bonds. The van der Waals surface area contributed by atoms with E-state index in [1.54, 1.807) is 25.4 Å². The van der Waals surface area contributed by atoms with Crippen LogP contribution in [0.3, 0.4) is 0 Å². The second-order valence-corrected chi connectivity index (χ2v) is 5.84. The second-order valence-electron chi connectivity index (χ2n) is 4.59. The van der Waals surface area contributed by atoms with Gasteiger partial charge in [0.05, 0.1) is 13.2 Å². The van der Waals surface area contributed by atoms with E-state index >= 15 is 0 Å². The number of methoxy groups -OCH3 is 1. The van der Waals surface area contributed by atoms with Gasteiger partial charge in [-0.05, 0) is 37.6 Å². The van der Waals surface area contributed by atoms with E-state index in [0.29, 0.717) is 12.4 Å². The Kier molecular flexibility index (Phi) is 5.04. The van der Waals surface area contributed by atoms with E-state index < -0.39 is 6.10 Å². The Morgan fingerprint density at radius 3 is 2.55 bits per heavy atom. The Balaban J connectivity index is 2.14. The molecule has 0 bridgehead atoms. The molecule has 2 aromatic rings. The summed E-state index contributed by atoms with van der Waals surface area (Å²) < 4.78 is 11.1. The number of ether oxygens (including phenoxy) is 2. The van der Waals surface area contributed by atoms with Crippen molar-refractivity contribution in [3.05, 3.63) is 45.6 Å². The van der Waals surface area contributed by atoms with Crippen molar-refractivity contribution in [3.63, 3.8) is 0 Å². The number of aliphatic hydroxyl groups excluding tert-OH is 1. The molecule has 1 atom stereocenters. The third-order valence-electron chi connectivity index (χ3n) is 3.11. The van der Waals surface area contributed by atoms with Crippen LogP contribution in [0.2, 0.25) is 0 Å². The quantitative estimate of drug-likeness (QED) is 0.876. The van der Waals surface area contributed by atoms with Crippen molar-refractivity contribution in [3.8, 4) is 11.5 Å². The lowest BCUT2D eigenvalue weighted by Gasteiger charge is -2.14. The van der Waals surface area contributed by atoms with E-state index in [1.807, 2.05) is 18.2 Å². The number of aliphatic hydroxyl groups is 1. The van der Waals surface area contributed by atoms with Gasteiger partial charge in [0.15, 0.2) is 0 Å². The summed E-state index contributed by atoms with van der Waals surface area (Å²) in [5.41, 5.74) is 0.776. The van der Waals surface area contributed by atoms with Crippen LogP contribution in [0.1, 0.15) is 35.3 Å². The molecule has 0 radical (unpaired) electrons. The van der Waals surface area contributed by atoms with Gasteiger partial charge in [-0.15, -0.1) is 11.3 Å². The molecule has 1 aromatic heterocycles. The maximum atomic E-state index is 9.79. The van der Waals surface area contributed by atoms with Crippen molar-refractivity contribution in [2.75, 3.05) is 7.11 Å². The highest BCUT2D eigenvalue weighted by molar-refractivity contribution is 7.11. The second kappa shape index (κ2) is 6.77. The standard InChI is InChI=1S/C16H20O3S/c1-4-13-6-7-14(20-13)10-19-16-9-12(18-3)5-8-15(16)11(2)17/h5-9,11,17H,4,10H2,1-3H3/t11-/m0/s1. The molecule has 0 saturated carbocycles. The van der Waals surface area contributed by atoms with Crippen molar-refractivity contribution in [2.45, 2.75) is 33.0 Å². The van der Waals surface area contributed by atoms with E-state index in [4.69, 9.17) is 9.47 Å². The van der Waals surface area contributed by atoms with Crippen LogP contribution in [-0.2, 0) is 13.0 Å². The normalized spacial score (nSPS) is 12.2. The highest BCUT2D eigenvalue weighted by Crippen LogP contribution is 2.30. The maximum Gasteiger partial charge on any atom is 0.129 e. The minimum atomic E-state index is -0.564. The summed E-state index contributed by atoms with van der Waals surface area (Å²) in [5.74, 6) is 1.40. The molecule has 0 aliphatic heterocycles. The van der Waals surface area contributed by atoms with Crippen LogP contribution in [0.15, 0.2) is 30.3 Å². The van der Waals surface area contributed by atoms with Crippen LogP contribution in [0, 0.1) is 0 Å². The predicted octanol–water partition coefficient (Wildman–Crippen LogP) is 3.95. The summed E-state index contributed by atoms with van der Waals surface area (Å²) in [6, 6.07) is 9.70. The lowest BCUT2D eigenvalue weighted by molar-refractivity contribution is 0.190. The van der Waals surface area contributed by atoms with E-state index in [0.717, 1.165) is 17.7 Å². The Morgan fingerprint density at radius 1 is 1.20 bits per heavy atom. The molecule has 0 saturated heterocycles. The number of rotatable bonds is 6. The van der Waals surface area contributed by atoms with Crippen LogP contribution in [0.4, 0.5) is 0 Å². The molecule has 1 N–H and O–H groups in total. The lowest BCUT2D eigenvalue weighted by atomic mass is 10.1. The molecule has 0 aliphatic carbocycles. The van der Waals surface area contributed by atoms with Crippen LogP contribution in [0.25, 0.3) is 0 Å². The minimum absolute atomic E-state index is 0.511.